The number of hydrogen-bond donors (Lipinski definition) is 1. The Morgan fingerprint density at radius 2 is 2.31 bits per heavy atom. The second-order valence-electron chi connectivity index (χ2n) is 3.87. The molecule has 1 aliphatic carbocycles. The van der Waals surface area contributed by atoms with E-state index in [0.29, 0.717) is 16.0 Å². The highest BCUT2D eigenvalue weighted by molar-refractivity contribution is 9.10. The molecule has 5 nitrogen and oxygen atoms in total. The van der Waals surface area contributed by atoms with Gasteiger partial charge in [-0.15, -0.1) is 0 Å². The molecule has 0 radical (unpaired) electrons. The lowest BCUT2D eigenvalue weighted by Gasteiger charge is -2.00. The van der Waals surface area contributed by atoms with Gasteiger partial charge < -0.3 is 5.11 Å². The van der Waals surface area contributed by atoms with Gasteiger partial charge >= 0.3 is 5.97 Å². The molecule has 2 aromatic heterocycles. The molecular weight excluding hydrogens is 274 g/mol. The molecule has 3 rings (SSSR count). The van der Waals surface area contributed by atoms with E-state index < -0.39 is 5.97 Å². The van der Waals surface area contributed by atoms with Gasteiger partial charge in [0.25, 0.3) is 0 Å². The quantitative estimate of drug-likeness (QED) is 0.915. The third kappa shape index (κ3) is 1.41. The van der Waals surface area contributed by atoms with Crippen LogP contribution >= 0.6 is 15.9 Å². The van der Waals surface area contributed by atoms with Gasteiger partial charge in [0.2, 0.25) is 0 Å². The van der Waals surface area contributed by atoms with Crippen molar-refractivity contribution in [1.82, 2.24) is 14.6 Å². The lowest BCUT2D eigenvalue weighted by atomic mass is 10.3. The summed E-state index contributed by atoms with van der Waals surface area (Å²) in [4.78, 5) is 15.3. The van der Waals surface area contributed by atoms with Gasteiger partial charge in [0.15, 0.2) is 11.3 Å². The van der Waals surface area contributed by atoms with Crippen LogP contribution in [-0.2, 0) is 0 Å². The van der Waals surface area contributed by atoms with Crippen molar-refractivity contribution in [2.45, 2.75) is 18.8 Å². The number of nitrogens with zero attached hydrogens (tertiary/aromatic N) is 3. The lowest BCUT2D eigenvalue weighted by Crippen LogP contribution is -2.08. The van der Waals surface area contributed by atoms with Crippen molar-refractivity contribution in [2.75, 3.05) is 0 Å². The minimum absolute atomic E-state index is 0.122. The molecule has 1 N–H and O–H groups in total. The molecule has 6 heteroatoms. The van der Waals surface area contributed by atoms with E-state index in [1.807, 2.05) is 6.07 Å². The molecule has 1 saturated carbocycles. The van der Waals surface area contributed by atoms with Crippen molar-refractivity contribution in [3.05, 3.63) is 28.1 Å². The Balaban J connectivity index is 2.28. The molecule has 0 atom stereocenters. The average molecular weight is 282 g/mol. The summed E-state index contributed by atoms with van der Waals surface area (Å²) < 4.78 is 1.83. The summed E-state index contributed by atoms with van der Waals surface area (Å²) in [6.45, 7) is 0. The van der Waals surface area contributed by atoms with Crippen LogP contribution in [0, 0.1) is 0 Å². The van der Waals surface area contributed by atoms with E-state index >= 15 is 0 Å². The average Bonchev–Trinajstić information content (AvgIpc) is 2.98. The number of aromatic nitrogens is 3. The van der Waals surface area contributed by atoms with Crippen molar-refractivity contribution in [3.63, 3.8) is 0 Å². The van der Waals surface area contributed by atoms with E-state index in [1.165, 1.54) is 10.7 Å². The monoisotopic (exact) mass is 281 g/mol. The molecule has 16 heavy (non-hydrogen) atoms. The highest BCUT2D eigenvalue weighted by atomic mass is 79.9. The van der Waals surface area contributed by atoms with E-state index in [-0.39, 0.29) is 5.69 Å². The molecule has 82 valence electrons. The van der Waals surface area contributed by atoms with E-state index in [2.05, 4.69) is 26.0 Å². The van der Waals surface area contributed by atoms with E-state index in [0.717, 1.165) is 18.5 Å². The highest BCUT2D eigenvalue weighted by Crippen LogP contribution is 2.39. The van der Waals surface area contributed by atoms with Crippen LogP contribution in [0.25, 0.3) is 5.65 Å². The Bertz CT molecular complexity index is 589. The summed E-state index contributed by atoms with van der Waals surface area (Å²) in [5.41, 5.74) is 1.65. The molecule has 0 bridgehead atoms. The number of rotatable bonds is 2. The molecule has 0 aliphatic heterocycles. The Kier molecular flexibility index (Phi) is 2.00. The van der Waals surface area contributed by atoms with Gasteiger partial charge in [-0.05, 0) is 28.8 Å². The minimum Gasteiger partial charge on any atom is -0.476 e. The zero-order valence-electron chi connectivity index (χ0n) is 8.22. The first kappa shape index (κ1) is 9.77. The second kappa shape index (κ2) is 3.28. The first-order valence-electron chi connectivity index (χ1n) is 4.94. The minimum atomic E-state index is -1.01. The lowest BCUT2D eigenvalue weighted by molar-refractivity contribution is 0.0686. The van der Waals surface area contributed by atoms with E-state index in [1.54, 1.807) is 0 Å². The standard InChI is InChI=1S/C10H8BrN3O2/c11-6-4-12-8-3-7(5-1-2-5)13-14(8)9(6)10(15)16/h3-5H,1-2H2,(H,15,16). The third-order valence-corrected chi connectivity index (χ3v) is 3.24. The van der Waals surface area contributed by atoms with Gasteiger partial charge in [-0.25, -0.2) is 14.3 Å². The predicted molar refractivity (Wildman–Crippen MR) is 59.6 cm³/mol. The van der Waals surface area contributed by atoms with E-state index in [9.17, 15) is 4.79 Å². The number of carboxylic acid groups (broad SMARTS) is 1. The molecule has 0 unspecified atom stereocenters. The largest absolute Gasteiger partial charge is 0.476 e. The van der Waals surface area contributed by atoms with Gasteiger partial charge in [0, 0.05) is 18.2 Å². The van der Waals surface area contributed by atoms with Crippen molar-refractivity contribution < 1.29 is 9.90 Å². The first-order valence-corrected chi connectivity index (χ1v) is 5.73. The number of carboxylic acids is 1. The van der Waals surface area contributed by atoms with Crippen LogP contribution in [0.2, 0.25) is 0 Å². The maximum absolute atomic E-state index is 11.1. The van der Waals surface area contributed by atoms with Gasteiger partial charge in [-0.2, -0.15) is 5.10 Å². The van der Waals surface area contributed by atoms with Crippen LogP contribution in [0.1, 0.15) is 34.9 Å². The second-order valence-corrected chi connectivity index (χ2v) is 4.73. The summed E-state index contributed by atoms with van der Waals surface area (Å²) in [5.74, 6) is -0.521. The maximum atomic E-state index is 11.1. The first-order chi connectivity index (χ1) is 7.66. The zero-order valence-corrected chi connectivity index (χ0v) is 9.81. The van der Waals surface area contributed by atoms with Gasteiger partial charge in [0.1, 0.15) is 0 Å². The van der Waals surface area contributed by atoms with Crippen LogP contribution in [0.5, 0.6) is 0 Å². The van der Waals surface area contributed by atoms with Crippen molar-refractivity contribution in [1.29, 1.82) is 0 Å². The van der Waals surface area contributed by atoms with E-state index in [4.69, 9.17) is 5.11 Å². The van der Waals surface area contributed by atoms with Crippen LogP contribution < -0.4 is 0 Å². The number of carbonyl (C=O) groups is 1. The summed E-state index contributed by atoms with van der Waals surface area (Å²) in [6.07, 6.45) is 3.76. The normalized spacial score (nSPS) is 15.6. The van der Waals surface area contributed by atoms with Crippen molar-refractivity contribution in [2.24, 2.45) is 0 Å². The van der Waals surface area contributed by atoms with Crippen LogP contribution in [-0.4, -0.2) is 25.7 Å². The van der Waals surface area contributed by atoms with Crippen molar-refractivity contribution in [3.8, 4) is 0 Å². The van der Waals surface area contributed by atoms with Crippen LogP contribution in [0.3, 0.4) is 0 Å². The number of hydrogen-bond acceptors (Lipinski definition) is 3. The Labute approximate surface area is 99.2 Å². The van der Waals surface area contributed by atoms with Gasteiger partial charge in [-0.1, -0.05) is 0 Å². The third-order valence-electron chi connectivity index (χ3n) is 2.66. The topological polar surface area (TPSA) is 67.5 Å². The molecule has 0 aromatic carbocycles. The Morgan fingerprint density at radius 3 is 2.94 bits per heavy atom. The van der Waals surface area contributed by atoms with Gasteiger partial charge in [-0.3, -0.25) is 0 Å². The molecule has 1 aliphatic rings. The van der Waals surface area contributed by atoms with Crippen molar-refractivity contribution >= 4 is 27.5 Å². The predicted octanol–water partition coefficient (Wildman–Crippen LogP) is 2.07. The van der Waals surface area contributed by atoms with Gasteiger partial charge in [0.05, 0.1) is 10.2 Å². The Hall–Kier alpha value is -1.43. The zero-order chi connectivity index (χ0) is 11.3. The summed E-state index contributed by atoms with van der Waals surface area (Å²) in [5, 5.41) is 13.4. The number of aromatic carboxylic acids is 1. The fraction of sp³-hybridized carbons (Fsp3) is 0.300. The summed E-state index contributed by atoms with van der Waals surface area (Å²) in [7, 11) is 0. The van der Waals surface area contributed by atoms with Crippen LogP contribution in [0.4, 0.5) is 0 Å². The molecule has 0 amide bonds. The summed E-state index contributed by atoms with van der Waals surface area (Å²) in [6, 6.07) is 1.86. The molecule has 2 aromatic rings. The SMILES string of the molecule is O=C(O)c1c(Br)cnc2cc(C3CC3)nn12. The fourth-order valence-electron chi connectivity index (χ4n) is 1.70. The summed E-state index contributed by atoms with van der Waals surface area (Å²) >= 11 is 3.18. The molecule has 0 spiro atoms. The smallest absolute Gasteiger partial charge is 0.355 e. The Morgan fingerprint density at radius 1 is 1.56 bits per heavy atom. The molecular formula is C10H8BrN3O2. The molecule has 2 heterocycles. The highest BCUT2D eigenvalue weighted by Gasteiger charge is 2.27. The maximum Gasteiger partial charge on any atom is 0.355 e. The number of halogens is 1. The molecule has 0 saturated heterocycles. The molecule has 1 fully saturated rings. The van der Waals surface area contributed by atoms with Crippen LogP contribution in [0.15, 0.2) is 16.7 Å². The number of fused-ring (bicyclic) bond motifs is 1. The fourth-order valence-corrected chi connectivity index (χ4v) is 2.14.